The van der Waals surface area contributed by atoms with Crippen LogP contribution < -0.4 is 4.74 Å². The van der Waals surface area contributed by atoms with Crippen molar-refractivity contribution in [2.75, 3.05) is 0 Å². The minimum atomic E-state index is 0.503. The number of hydrogen-bond acceptors (Lipinski definition) is 1. The van der Waals surface area contributed by atoms with E-state index in [1.54, 1.807) is 18.2 Å². The van der Waals surface area contributed by atoms with E-state index in [0.717, 1.165) is 11.3 Å². The summed E-state index contributed by atoms with van der Waals surface area (Å²) in [7, 11) is 0. The molecule has 0 aliphatic carbocycles. The Morgan fingerprint density at radius 3 is 2.29 bits per heavy atom. The van der Waals surface area contributed by atoms with Gasteiger partial charge in [0.25, 0.3) is 0 Å². The SMILES string of the molecule is C[CH]c1ccc(Oc2ccc(Cl)cc2Cl)cc1. The summed E-state index contributed by atoms with van der Waals surface area (Å²) < 4.78 is 5.66. The van der Waals surface area contributed by atoms with E-state index in [9.17, 15) is 0 Å². The summed E-state index contributed by atoms with van der Waals surface area (Å²) in [6.07, 6.45) is 2.03. The summed E-state index contributed by atoms with van der Waals surface area (Å²) in [5, 5.41) is 1.10. The fourth-order valence-electron chi connectivity index (χ4n) is 1.41. The van der Waals surface area contributed by atoms with E-state index in [1.807, 2.05) is 37.6 Å². The Hall–Kier alpha value is -1.18. The van der Waals surface area contributed by atoms with E-state index >= 15 is 0 Å². The highest BCUT2D eigenvalue weighted by Gasteiger charge is 2.03. The lowest BCUT2D eigenvalue weighted by atomic mass is 10.2. The van der Waals surface area contributed by atoms with Gasteiger partial charge < -0.3 is 4.74 Å². The van der Waals surface area contributed by atoms with Gasteiger partial charge in [-0.05, 0) is 42.3 Å². The van der Waals surface area contributed by atoms with Gasteiger partial charge in [0.1, 0.15) is 11.5 Å². The molecule has 1 nitrogen and oxygen atoms in total. The van der Waals surface area contributed by atoms with Crippen LogP contribution in [0.5, 0.6) is 11.5 Å². The lowest BCUT2D eigenvalue weighted by molar-refractivity contribution is 0.483. The van der Waals surface area contributed by atoms with Crippen LogP contribution in [0.15, 0.2) is 42.5 Å². The third-order valence-corrected chi connectivity index (χ3v) is 2.87. The highest BCUT2D eigenvalue weighted by Crippen LogP contribution is 2.31. The largest absolute Gasteiger partial charge is 0.456 e. The fourth-order valence-corrected chi connectivity index (χ4v) is 1.86. The fraction of sp³-hybridized carbons (Fsp3) is 0.0714. The zero-order valence-electron chi connectivity index (χ0n) is 9.28. The molecule has 0 aliphatic rings. The monoisotopic (exact) mass is 265 g/mol. The molecule has 87 valence electrons. The Bertz CT molecular complexity index is 506. The van der Waals surface area contributed by atoms with Crippen LogP contribution >= 0.6 is 23.2 Å². The van der Waals surface area contributed by atoms with Gasteiger partial charge in [0, 0.05) is 5.02 Å². The van der Waals surface area contributed by atoms with Gasteiger partial charge in [-0.3, -0.25) is 0 Å². The maximum absolute atomic E-state index is 6.02. The molecule has 0 unspecified atom stereocenters. The normalized spacial score (nSPS) is 10.3. The molecule has 0 fully saturated rings. The molecule has 0 aliphatic heterocycles. The Morgan fingerprint density at radius 1 is 1.00 bits per heavy atom. The lowest BCUT2D eigenvalue weighted by Gasteiger charge is -2.08. The summed E-state index contributed by atoms with van der Waals surface area (Å²) in [5.41, 5.74) is 1.15. The number of ether oxygens (including phenoxy) is 1. The first-order valence-electron chi connectivity index (χ1n) is 5.21. The number of benzene rings is 2. The summed E-state index contributed by atoms with van der Waals surface area (Å²) in [6.45, 7) is 1.99. The highest BCUT2D eigenvalue weighted by molar-refractivity contribution is 6.35. The molecule has 2 aromatic carbocycles. The first-order chi connectivity index (χ1) is 8.19. The van der Waals surface area contributed by atoms with Crippen LogP contribution in [-0.2, 0) is 0 Å². The topological polar surface area (TPSA) is 9.23 Å². The minimum absolute atomic E-state index is 0.503. The van der Waals surface area contributed by atoms with Crippen LogP contribution in [0.4, 0.5) is 0 Å². The molecule has 0 N–H and O–H groups in total. The minimum Gasteiger partial charge on any atom is -0.456 e. The second-order valence-electron chi connectivity index (χ2n) is 3.53. The van der Waals surface area contributed by atoms with Crippen molar-refractivity contribution in [3.8, 4) is 11.5 Å². The molecule has 0 aromatic heterocycles. The summed E-state index contributed by atoms with van der Waals surface area (Å²) in [6, 6.07) is 12.9. The Balaban J connectivity index is 2.19. The van der Waals surface area contributed by atoms with Crippen LogP contribution in [0.25, 0.3) is 0 Å². The van der Waals surface area contributed by atoms with Gasteiger partial charge in [-0.15, -0.1) is 0 Å². The Labute approximate surface area is 111 Å². The van der Waals surface area contributed by atoms with E-state index in [-0.39, 0.29) is 0 Å². The second kappa shape index (κ2) is 5.44. The van der Waals surface area contributed by atoms with Crippen molar-refractivity contribution in [2.45, 2.75) is 6.92 Å². The zero-order chi connectivity index (χ0) is 12.3. The smallest absolute Gasteiger partial charge is 0.146 e. The van der Waals surface area contributed by atoms with E-state index in [2.05, 4.69) is 0 Å². The molecule has 0 saturated heterocycles. The maximum Gasteiger partial charge on any atom is 0.146 e. The van der Waals surface area contributed by atoms with Gasteiger partial charge in [0.2, 0.25) is 0 Å². The average molecular weight is 266 g/mol. The predicted molar refractivity (Wildman–Crippen MR) is 72.1 cm³/mol. The molecular weight excluding hydrogens is 255 g/mol. The molecule has 0 spiro atoms. The van der Waals surface area contributed by atoms with Crippen LogP contribution in [0.1, 0.15) is 12.5 Å². The molecule has 3 heteroatoms. The first kappa shape index (κ1) is 12.3. The summed E-state index contributed by atoms with van der Waals surface area (Å²) in [4.78, 5) is 0. The molecule has 2 aromatic rings. The van der Waals surface area contributed by atoms with Crippen LogP contribution in [0.2, 0.25) is 10.0 Å². The molecule has 0 bridgehead atoms. The average Bonchev–Trinajstić information content (AvgIpc) is 2.34. The van der Waals surface area contributed by atoms with Gasteiger partial charge in [-0.2, -0.15) is 0 Å². The van der Waals surface area contributed by atoms with Crippen molar-refractivity contribution in [3.05, 3.63) is 64.5 Å². The van der Waals surface area contributed by atoms with Gasteiger partial charge >= 0.3 is 0 Å². The van der Waals surface area contributed by atoms with Gasteiger partial charge in [0.05, 0.1) is 5.02 Å². The quantitative estimate of drug-likeness (QED) is 0.726. The molecule has 17 heavy (non-hydrogen) atoms. The Morgan fingerprint density at radius 2 is 1.71 bits per heavy atom. The van der Waals surface area contributed by atoms with Crippen molar-refractivity contribution in [3.63, 3.8) is 0 Å². The first-order valence-corrected chi connectivity index (χ1v) is 5.97. The van der Waals surface area contributed by atoms with Crippen molar-refractivity contribution >= 4 is 23.2 Å². The molecule has 2 rings (SSSR count). The molecule has 1 radical (unpaired) electrons. The number of hydrogen-bond donors (Lipinski definition) is 0. The standard InChI is InChI=1S/C14H11Cl2O/c1-2-10-3-6-12(7-4-10)17-14-8-5-11(15)9-13(14)16/h2-9H,1H3. The van der Waals surface area contributed by atoms with Gasteiger partial charge in [0.15, 0.2) is 0 Å². The maximum atomic E-state index is 6.02. The van der Waals surface area contributed by atoms with Crippen molar-refractivity contribution in [1.82, 2.24) is 0 Å². The van der Waals surface area contributed by atoms with Crippen molar-refractivity contribution < 1.29 is 4.74 Å². The van der Waals surface area contributed by atoms with Crippen LogP contribution in [0.3, 0.4) is 0 Å². The number of halogens is 2. The molecular formula is C14H11Cl2O. The van der Waals surface area contributed by atoms with Crippen LogP contribution in [0, 0.1) is 6.42 Å². The third kappa shape index (κ3) is 3.15. The molecule has 0 saturated carbocycles. The second-order valence-corrected chi connectivity index (χ2v) is 4.38. The van der Waals surface area contributed by atoms with Crippen molar-refractivity contribution in [1.29, 1.82) is 0 Å². The molecule has 0 amide bonds. The lowest BCUT2D eigenvalue weighted by Crippen LogP contribution is -1.86. The van der Waals surface area contributed by atoms with Gasteiger partial charge in [-0.1, -0.05) is 42.3 Å². The van der Waals surface area contributed by atoms with Gasteiger partial charge in [-0.25, -0.2) is 0 Å². The Kier molecular flexibility index (Phi) is 3.93. The van der Waals surface area contributed by atoms with Crippen molar-refractivity contribution in [2.24, 2.45) is 0 Å². The molecule has 0 heterocycles. The van der Waals surface area contributed by atoms with E-state index in [0.29, 0.717) is 15.8 Å². The van der Waals surface area contributed by atoms with Crippen LogP contribution in [-0.4, -0.2) is 0 Å². The summed E-state index contributed by atoms with van der Waals surface area (Å²) >= 11 is 11.8. The highest BCUT2D eigenvalue weighted by atomic mass is 35.5. The number of rotatable bonds is 3. The van der Waals surface area contributed by atoms with E-state index in [1.165, 1.54) is 0 Å². The third-order valence-electron chi connectivity index (χ3n) is 2.34. The predicted octanol–water partition coefficient (Wildman–Crippen LogP) is 5.36. The zero-order valence-corrected chi connectivity index (χ0v) is 10.8. The van der Waals surface area contributed by atoms with E-state index < -0.39 is 0 Å². The summed E-state index contributed by atoms with van der Waals surface area (Å²) in [5.74, 6) is 1.35. The molecule has 0 atom stereocenters. The van der Waals surface area contributed by atoms with E-state index in [4.69, 9.17) is 27.9 Å².